The van der Waals surface area contributed by atoms with Crippen LogP contribution in [0.1, 0.15) is 5.56 Å². The monoisotopic (exact) mass is 223 g/mol. The molecule has 1 aromatic heterocycles. The van der Waals surface area contributed by atoms with Crippen LogP contribution in [-0.2, 0) is 0 Å². The van der Waals surface area contributed by atoms with Crippen LogP contribution in [0.5, 0.6) is 0 Å². The Morgan fingerprint density at radius 2 is 2.29 bits per heavy atom. The van der Waals surface area contributed by atoms with Gasteiger partial charge in [-0.05, 0) is 24.6 Å². The smallest absolute Gasteiger partial charge is 0.178 e. The van der Waals surface area contributed by atoms with Crippen molar-refractivity contribution in [2.75, 3.05) is 5.73 Å². The fourth-order valence-electron chi connectivity index (χ4n) is 1.06. The van der Waals surface area contributed by atoms with Crippen LogP contribution in [0.15, 0.2) is 32.9 Å². The van der Waals surface area contributed by atoms with E-state index in [1.54, 1.807) is 17.3 Å². The highest BCUT2D eigenvalue weighted by Crippen LogP contribution is 2.32. The average molecular weight is 223 g/mol. The van der Waals surface area contributed by atoms with Crippen LogP contribution in [0, 0.1) is 6.92 Å². The fourth-order valence-corrected chi connectivity index (χ4v) is 2.52. The Kier molecular flexibility index (Phi) is 2.69. The van der Waals surface area contributed by atoms with Crippen molar-refractivity contribution in [3.8, 4) is 0 Å². The summed E-state index contributed by atoms with van der Waals surface area (Å²) < 4.78 is 0.917. The third-order valence-electron chi connectivity index (χ3n) is 1.70. The van der Waals surface area contributed by atoms with Gasteiger partial charge in [0.25, 0.3) is 0 Å². The number of rotatable bonds is 2. The minimum atomic E-state index is 0.796. The van der Waals surface area contributed by atoms with Gasteiger partial charge in [0.1, 0.15) is 5.51 Å². The lowest BCUT2D eigenvalue weighted by molar-refractivity contribution is 1.01. The van der Waals surface area contributed by atoms with Gasteiger partial charge in [0.15, 0.2) is 4.34 Å². The summed E-state index contributed by atoms with van der Waals surface area (Å²) in [5.41, 5.74) is 9.56. The number of nitrogens with zero attached hydrogens (tertiary/aromatic N) is 2. The molecule has 0 atom stereocenters. The SMILES string of the molecule is Cc1ccc(Sc2nncs2)c(N)c1. The molecule has 0 saturated heterocycles. The van der Waals surface area contributed by atoms with E-state index in [0.717, 1.165) is 14.9 Å². The molecule has 0 aliphatic carbocycles. The summed E-state index contributed by atoms with van der Waals surface area (Å²) in [4.78, 5) is 1.03. The van der Waals surface area contributed by atoms with Crippen LogP contribution in [0.4, 0.5) is 5.69 Å². The van der Waals surface area contributed by atoms with Crippen LogP contribution in [0.3, 0.4) is 0 Å². The van der Waals surface area contributed by atoms with Crippen LogP contribution < -0.4 is 5.73 Å². The number of anilines is 1. The van der Waals surface area contributed by atoms with Gasteiger partial charge >= 0.3 is 0 Å². The highest BCUT2D eigenvalue weighted by Gasteiger charge is 2.04. The molecule has 0 amide bonds. The highest BCUT2D eigenvalue weighted by atomic mass is 32.2. The van der Waals surface area contributed by atoms with Gasteiger partial charge in [0.05, 0.1) is 0 Å². The number of aromatic nitrogens is 2. The van der Waals surface area contributed by atoms with Crippen LogP contribution in [0.2, 0.25) is 0 Å². The largest absolute Gasteiger partial charge is 0.398 e. The molecule has 2 rings (SSSR count). The van der Waals surface area contributed by atoms with Gasteiger partial charge in [-0.2, -0.15) is 0 Å². The molecule has 1 aromatic carbocycles. The van der Waals surface area contributed by atoms with Crippen LogP contribution >= 0.6 is 23.1 Å². The van der Waals surface area contributed by atoms with E-state index >= 15 is 0 Å². The number of nitrogens with two attached hydrogens (primary N) is 1. The molecule has 0 aliphatic heterocycles. The van der Waals surface area contributed by atoms with E-state index in [0.29, 0.717) is 0 Å². The minimum absolute atomic E-state index is 0.796. The summed E-state index contributed by atoms with van der Waals surface area (Å²) in [6, 6.07) is 6.01. The van der Waals surface area contributed by atoms with Crippen molar-refractivity contribution >= 4 is 28.8 Å². The average Bonchev–Trinajstić information content (AvgIpc) is 2.62. The summed E-state index contributed by atoms with van der Waals surface area (Å²) in [7, 11) is 0. The van der Waals surface area contributed by atoms with E-state index in [9.17, 15) is 0 Å². The van der Waals surface area contributed by atoms with Crippen molar-refractivity contribution in [3.05, 3.63) is 29.3 Å². The molecule has 0 aliphatic rings. The second-order valence-corrected chi connectivity index (χ2v) is 4.97. The predicted molar refractivity (Wildman–Crippen MR) is 59.6 cm³/mol. The Balaban J connectivity index is 2.25. The third-order valence-corrected chi connectivity index (χ3v) is 3.57. The lowest BCUT2D eigenvalue weighted by Crippen LogP contribution is -1.88. The van der Waals surface area contributed by atoms with Crippen molar-refractivity contribution in [2.45, 2.75) is 16.2 Å². The first-order chi connectivity index (χ1) is 6.75. The Bertz CT molecular complexity index is 426. The van der Waals surface area contributed by atoms with Crippen molar-refractivity contribution in [1.82, 2.24) is 10.2 Å². The number of hydrogen-bond acceptors (Lipinski definition) is 5. The van der Waals surface area contributed by atoms with Gasteiger partial charge in [0.2, 0.25) is 0 Å². The van der Waals surface area contributed by atoms with Crippen molar-refractivity contribution in [1.29, 1.82) is 0 Å². The second-order valence-electron chi connectivity index (χ2n) is 2.85. The maximum atomic E-state index is 5.87. The van der Waals surface area contributed by atoms with Gasteiger partial charge in [-0.15, -0.1) is 10.2 Å². The number of benzene rings is 1. The van der Waals surface area contributed by atoms with Gasteiger partial charge in [-0.3, -0.25) is 0 Å². The van der Waals surface area contributed by atoms with Crippen molar-refractivity contribution in [2.24, 2.45) is 0 Å². The topological polar surface area (TPSA) is 51.8 Å². The summed E-state index contributed by atoms with van der Waals surface area (Å²) in [5.74, 6) is 0. The minimum Gasteiger partial charge on any atom is -0.398 e. The number of aryl methyl sites for hydroxylation is 1. The van der Waals surface area contributed by atoms with Gasteiger partial charge in [-0.25, -0.2) is 0 Å². The summed E-state index contributed by atoms with van der Waals surface area (Å²) in [6.07, 6.45) is 0. The quantitative estimate of drug-likeness (QED) is 0.795. The molecule has 0 unspecified atom stereocenters. The first kappa shape index (κ1) is 9.48. The Morgan fingerprint density at radius 3 is 2.93 bits per heavy atom. The Morgan fingerprint density at radius 1 is 1.43 bits per heavy atom. The first-order valence-corrected chi connectivity index (χ1v) is 5.75. The summed E-state index contributed by atoms with van der Waals surface area (Å²) >= 11 is 3.07. The van der Waals surface area contributed by atoms with Crippen molar-refractivity contribution in [3.63, 3.8) is 0 Å². The number of nitrogen functional groups attached to an aromatic ring is 1. The molecule has 0 fully saturated rings. The zero-order valence-corrected chi connectivity index (χ0v) is 9.23. The molecule has 0 saturated carbocycles. The van der Waals surface area contributed by atoms with Crippen LogP contribution in [0.25, 0.3) is 0 Å². The second kappa shape index (κ2) is 3.98. The summed E-state index contributed by atoms with van der Waals surface area (Å²) in [6.45, 7) is 2.02. The van der Waals surface area contributed by atoms with E-state index < -0.39 is 0 Å². The molecule has 14 heavy (non-hydrogen) atoms. The molecule has 1 heterocycles. The van der Waals surface area contributed by atoms with E-state index in [1.165, 1.54) is 16.9 Å². The maximum Gasteiger partial charge on any atom is 0.178 e. The first-order valence-electron chi connectivity index (χ1n) is 4.06. The molecule has 0 radical (unpaired) electrons. The highest BCUT2D eigenvalue weighted by molar-refractivity contribution is 8.01. The normalized spacial score (nSPS) is 10.4. The lowest BCUT2D eigenvalue weighted by atomic mass is 10.2. The predicted octanol–water partition coefficient (Wildman–Crippen LogP) is 2.58. The standard InChI is InChI=1S/C9H9N3S2/c1-6-2-3-8(7(10)4-6)14-9-12-11-5-13-9/h2-5H,10H2,1H3. The Labute approximate surface area is 90.4 Å². The maximum absolute atomic E-state index is 5.87. The molecule has 0 spiro atoms. The molecule has 2 N–H and O–H groups in total. The third kappa shape index (κ3) is 2.05. The van der Waals surface area contributed by atoms with E-state index in [1.807, 2.05) is 25.1 Å². The van der Waals surface area contributed by atoms with E-state index in [-0.39, 0.29) is 0 Å². The molecular weight excluding hydrogens is 214 g/mol. The molecular formula is C9H9N3S2. The van der Waals surface area contributed by atoms with Gasteiger partial charge in [0, 0.05) is 10.6 Å². The Hall–Kier alpha value is -1.07. The molecule has 72 valence electrons. The summed E-state index contributed by atoms with van der Waals surface area (Å²) in [5, 5.41) is 7.72. The lowest BCUT2D eigenvalue weighted by Gasteiger charge is -2.02. The number of hydrogen-bond donors (Lipinski definition) is 1. The zero-order valence-electron chi connectivity index (χ0n) is 7.60. The molecule has 3 nitrogen and oxygen atoms in total. The molecule has 5 heteroatoms. The van der Waals surface area contributed by atoms with Gasteiger partial charge in [-0.1, -0.05) is 29.2 Å². The fraction of sp³-hybridized carbons (Fsp3) is 0.111. The van der Waals surface area contributed by atoms with Crippen LogP contribution in [-0.4, -0.2) is 10.2 Å². The van der Waals surface area contributed by atoms with Crippen molar-refractivity contribution < 1.29 is 0 Å². The van der Waals surface area contributed by atoms with Gasteiger partial charge < -0.3 is 5.73 Å². The molecule has 2 aromatic rings. The van der Waals surface area contributed by atoms with E-state index in [2.05, 4.69) is 10.2 Å². The zero-order chi connectivity index (χ0) is 9.97. The van der Waals surface area contributed by atoms with E-state index in [4.69, 9.17) is 5.73 Å². The molecule has 0 bridgehead atoms.